The van der Waals surface area contributed by atoms with Crippen molar-refractivity contribution in [3.8, 4) is 5.75 Å². The van der Waals surface area contributed by atoms with Crippen LogP contribution in [0.5, 0.6) is 5.75 Å². The van der Waals surface area contributed by atoms with Gasteiger partial charge in [0.15, 0.2) is 5.78 Å². The predicted octanol–water partition coefficient (Wildman–Crippen LogP) is 5.25. The molecule has 106 valence electrons. The SMILES string of the molecule is CCCCC(CC)C(=O)c1cc(Br)ccc1OCC. The number of hydrogen-bond acceptors (Lipinski definition) is 2. The molecular formula is C16H23BrO2. The van der Waals surface area contributed by atoms with Crippen molar-refractivity contribution in [2.75, 3.05) is 6.61 Å². The van der Waals surface area contributed by atoms with E-state index in [1.807, 2.05) is 25.1 Å². The molecule has 0 spiro atoms. The van der Waals surface area contributed by atoms with Gasteiger partial charge in [-0.15, -0.1) is 0 Å². The van der Waals surface area contributed by atoms with Gasteiger partial charge >= 0.3 is 0 Å². The molecular weight excluding hydrogens is 304 g/mol. The Bertz CT molecular complexity index is 415. The van der Waals surface area contributed by atoms with Gasteiger partial charge < -0.3 is 4.74 Å². The van der Waals surface area contributed by atoms with E-state index < -0.39 is 0 Å². The van der Waals surface area contributed by atoms with Gasteiger partial charge in [-0.1, -0.05) is 42.6 Å². The number of ketones is 1. The molecule has 19 heavy (non-hydrogen) atoms. The van der Waals surface area contributed by atoms with E-state index in [0.717, 1.165) is 30.2 Å². The Morgan fingerprint density at radius 3 is 2.63 bits per heavy atom. The number of Topliss-reactive ketones (excluding diaryl/α,β-unsaturated/α-hetero) is 1. The fourth-order valence-electron chi connectivity index (χ4n) is 2.17. The maximum Gasteiger partial charge on any atom is 0.169 e. The molecule has 0 bridgehead atoms. The maximum absolute atomic E-state index is 12.6. The Morgan fingerprint density at radius 1 is 1.32 bits per heavy atom. The minimum absolute atomic E-state index is 0.105. The molecule has 1 unspecified atom stereocenters. The topological polar surface area (TPSA) is 26.3 Å². The van der Waals surface area contributed by atoms with Crippen molar-refractivity contribution in [1.29, 1.82) is 0 Å². The lowest BCUT2D eigenvalue weighted by Crippen LogP contribution is -2.15. The first-order valence-electron chi connectivity index (χ1n) is 7.10. The zero-order valence-corrected chi connectivity index (χ0v) is 13.6. The van der Waals surface area contributed by atoms with Gasteiger partial charge in [0.2, 0.25) is 0 Å². The number of hydrogen-bond donors (Lipinski definition) is 0. The fraction of sp³-hybridized carbons (Fsp3) is 0.562. The third kappa shape index (κ3) is 4.64. The van der Waals surface area contributed by atoms with Crippen LogP contribution in [0.15, 0.2) is 22.7 Å². The largest absolute Gasteiger partial charge is 0.493 e. The lowest BCUT2D eigenvalue weighted by molar-refractivity contribution is 0.0904. The molecule has 0 saturated heterocycles. The molecule has 0 amide bonds. The number of ether oxygens (including phenoxy) is 1. The van der Waals surface area contributed by atoms with Gasteiger partial charge in [-0.05, 0) is 38.0 Å². The molecule has 0 heterocycles. The standard InChI is InChI=1S/C16H23BrO2/c1-4-7-8-12(5-2)16(18)14-11-13(17)9-10-15(14)19-6-3/h9-12H,4-8H2,1-3H3. The molecule has 0 aliphatic carbocycles. The molecule has 1 aromatic carbocycles. The Balaban J connectivity index is 2.98. The van der Waals surface area contributed by atoms with E-state index in [1.54, 1.807) is 0 Å². The Labute approximate surface area is 124 Å². The van der Waals surface area contributed by atoms with Crippen LogP contribution in [0.1, 0.15) is 56.8 Å². The van der Waals surface area contributed by atoms with Crippen molar-refractivity contribution in [2.24, 2.45) is 5.92 Å². The van der Waals surface area contributed by atoms with E-state index in [1.165, 1.54) is 0 Å². The molecule has 0 aliphatic heterocycles. The summed E-state index contributed by atoms with van der Waals surface area (Å²) in [6.07, 6.45) is 4.07. The second-order valence-electron chi connectivity index (χ2n) is 4.69. The monoisotopic (exact) mass is 326 g/mol. The van der Waals surface area contributed by atoms with Crippen LogP contribution in [0.25, 0.3) is 0 Å². The van der Waals surface area contributed by atoms with Crippen molar-refractivity contribution < 1.29 is 9.53 Å². The number of carbonyl (C=O) groups excluding carboxylic acids is 1. The van der Waals surface area contributed by atoms with Gasteiger partial charge in [-0.25, -0.2) is 0 Å². The van der Waals surface area contributed by atoms with Crippen LogP contribution < -0.4 is 4.74 Å². The van der Waals surface area contributed by atoms with E-state index in [9.17, 15) is 4.79 Å². The van der Waals surface area contributed by atoms with Crippen molar-refractivity contribution in [2.45, 2.75) is 46.5 Å². The van der Waals surface area contributed by atoms with Crippen LogP contribution in [0.2, 0.25) is 0 Å². The van der Waals surface area contributed by atoms with E-state index >= 15 is 0 Å². The van der Waals surface area contributed by atoms with Gasteiger partial charge in [-0.2, -0.15) is 0 Å². The molecule has 0 aliphatic rings. The lowest BCUT2D eigenvalue weighted by atomic mass is 9.90. The summed E-state index contributed by atoms with van der Waals surface area (Å²) < 4.78 is 6.49. The second kappa shape index (κ2) is 8.36. The first-order valence-corrected chi connectivity index (χ1v) is 7.89. The highest BCUT2D eigenvalue weighted by atomic mass is 79.9. The van der Waals surface area contributed by atoms with E-state index in [-0.39, 0.29) is 11.7 Å². The zero-order chi connectivity index (χ0) is 14.3. The van der Waals surface area contributed by atoms with E-state index in [4.69, 9.17) is 4.74 Å². The average Bonchev–Trinajstić information content (AvgIpc) is 2.41. The minimum Gasteiger partial charge on any atom is -0.493 e. The van der Waals surface area contributed by atoms with E-state index in [2.05, 4.69) is 29.8 Å². The third-order valence-corrected chi connectivity index (χ3v) is 3.77. The van der Waals surface area contributed by atoms with Crippen LogP contribution in [-0.2, 0) is 0 Å². The van der Waals surface area contributed by atoms with Crippen LogP contribution in [0.4, 0.5) is 0 Å². The number of rotatable bonds is 8. The Kier molecular flexibility index (Phi) is 7.14. The Hall–Kier alpha value is -0.830. The van der Waals surface area contributed by atoms with Crippen LogP contribution in [-0.4, -0.2) is 12.4 Å². The maximum atomic E-state index is 12.6. The van der Waals surface area contributed by atoms with E-state index in [0.29, 0.717) is 17.9 Å². The third-order valence-electron chi connectivity index (χ3n) is 3.28. The summed E-state index contributed by atoms with van der Waals surface area (Å²) in [6.45, 7) is 6.75. The summed E-state index contributed by atoms with van der Waals surface area (Å²) in [5.74, 6) is 1.01. The van der Waals surface area contributed by atoms with Crippen LogP contribution >= 0.6 is 15.9 Å². The molecule has 0 fully saturated rings. The number of halogens is 1. The van der Waals surface area contributed by atoms with Gasteiger partial charge in [0, 0.05) is 10.4 Å². The van der Waals surface area contributed by atoms with Crippen LogP contribution in [0.3, 0.4) is 0 Å². The highest BCUT2D eigenvalue weighted by molar-refractivity contribution is 9.10. The summed E-state index contributed by atoms with van der Waals surface area (Å²) in [5, 5.41) is 0. The number of benzene rings is 1. The molecule has 0 N–H and O–H groups in total. The van der Waals surface area contributed by atoms with Gasteiger partial charge in [-0.3, -0.25) is 4.79 Å². The number of unbranched alkanes of at least 4 members (excludes halogenated alkanes) is 1. The zero-order valence-electron chi connectivity index (χ0n) is 12.0. The average molecular weight is 327 g/mol. The van der Waals surface area contributed by atoms with Crippen molar-refractivity contribution in [1.82, 2.24) is 0 Å². The summed E-state index contributed by atoms with van der Waals surface area (Å²) in [4.78, 5) is 12.6. The summed E-state index contributed by atoms with van der Waals surface area (Å²) in [7, 11) is 0. The molecule has 1 rings (SSSR count). The summed E-state index contributed by atoms with van der Waals surface area (Å²) in [5.41, 5.74) is 0.708. The summed E-state index contributed by atoms with van der Waals surface area (Å²) in [6, 6.07) is 5.66. The van der Waals surface area contributed by atoms with Crippen LogP contribution in [0, 0.1) is 5.92 Å². The summed E-state index contributed by atoms with van der Waals surface area (Å²) >= 11 is 3.43. The molecule has 1 aromatic rings. The van der Waals surface area contributed by atoms with Gasteiger partial charge in [0.05, 0.1) is 12.2 Å². The highest BCUT2D eigenvalue weighted by Gasteiger charge is 2.21. The number of carbonyl (C=O) groups is 1. The first kappa shape index (κ1) is 16.2. The predicted molar refractivity (Wildman–Crippen MR) is 82.9 cm³/mol. The van der Waals surface area contributed by atoms with Gasteiger partial charge in [0.1, 0.15) is 5.75 Å². The normalized spacial score (nSPS) is 12.2. The molecule has 0 saturated carbocycles. The smallest absolute Gasteiger partial charge is 0.169 e. The fourth-order valence-corrected chi connectivity index (χ4v) is 2.53. The first-order chi connectivity index (χ1) is 9.13. The molecule has 3 heteroatoms. The quantitative estimate of drug-likeness (QED) is 0.610. The lowest BCUT2D eigenvalue weighted by Gasteiger charge is -2.16. The molecule has 0 aromatic heterocycles. The Morgan fingerprint density at radius 2 is 2.05 bits per heavy atom. The highest BCUT2D eigenvalue weighted by Crippen LogP contribution is 2.28. The molecule has 2 nitrogen and oxygen atoms in total. The molecule has 1 atom stereocenters. The second-order valence-corrected chi connectivity index (χ2v) is 5.60. The van der Waals surface area contributed by atoms with Crippen molar-refractivity contribution in [3.05, 3.63) is 28.2 Å². The van der Waals surface area contributed by atoms with Crippen molar-refractivity contribution >= 4 is 21.7 Å². The van der Waals surface area contributed by atoms with Crippen molar-refractivity contribution in [3.63, 3.8) is 0 Å². The van der Waals surface area contributed by atoms with Gasteiger partial charge in [0.25, 0.3) is 0 Å². The molecule has 0 radical (unpaired) electrons. The minimum atomic E-state index is 0.105.